The van der Waals surface area contributed by atoms with E-state index in [1.54, 1.807) is 26.0 Å². The van der Waals surface area contributed by atoms with Gasteiger partial charge in [0.05, 0.1) is 12.3 Å². The molecule has 0 radical (unpaired) electrons. The number of ether oxygens (including phenoxy) is 1. The van der Waals surface area contributed by atoms with Crippen LogP contribution in [0.25, 0.3) is 11.5 Å². The van der Waals surface area contributed by atoms with E-state index in [1.165, 1.54) is 6.07 Å². The molecule has 5 heteroatoms. The number of esters is 1. The van der Waals surface area contributed by atoms with Crippen molar-refractivity contribution in [1.29, 1.82) is 0 Å². The zero-order valence-electron chi connectivity index (χ0n) is 11.7. The molecule has 0 N–H and O–H groups in total. The summed E-state index contributed by atoms with van der Waals surface area (Å²) in [5.74, 6) is -0.400. The van der Waals surface area contributed by atoms with Gasteiger partial charge in [0.2, 0.25) is 11.7 Å². The summed E-state index contributed by atoms with van der Waals surface area (Å²) in [4.78, 5) is 16.1. The molecule has 2 aromatic rings. The number of carbonyl (C=O) groups excluding carboxylic acids is 1. The van der Waals surface area contributed by atoms with Gasteiger partial charge in [-0.1, -0.05) is 6.92 Å². The molecule has 20 heavy (non-hydrogen) atoms. The third kappa shape index (κ3) is 2.71. The minimum Gasteiger partial charge on any atom is -0.460 e. The molecule has 4 nitrogen and oxygen atoms in total. The Hall–Kier alpha value is -2.17. The molecule has 0 saturated carbocycles. The summed E-state index contributed by atoms with van der Waals surface area (Å²) < 4.78 is 23.7. The first-order valence-electron chi connectivity index (χ1n) is 6.50. The van der Waals surface area contributed by atoms with Gasteiger partial charge in [0, 0.05) is 5.56 Å². The zero-order chi connectivity index (χ0) is 14.7. The van der Waals surface area contributed by atoms with Gasteiger partial charge in [-0.2, -0.15) is 0 Å². The summed E-state index contributed by atoms with van der Waals surface area (Å²) in [5, 5.41) is 0. The van der Waals surface area contributed by atoms with E-state index >= 15 is 0 Å². The predicted octanol–water partition coefficient (Wildman–Crippen LogP) is 3.53. The van der Waals surface area contributed by atoms with E-state index in [0.29, 0.717) is 29.1 Å². The van der Waals surface area contributed by atoms with Crippen molar-refractivity contribution < 1.29 is 18.3 Å². The molecule has 0 aliphatic heterocycles. The molecule has 0 bridgehead atoms. The molecule has 1 aromatic heterocycles. The lowest BCUT2D eigenvalue weighted by atomic mass is 10.1. The molecule has 0 fully saturated rings. The van der Waals surface area contributed by atoms with Crippen LogP contribution in [0.5, 0.6) is 0 Å². The van der Waals surface area contributed by atoms with Crippen LogP contribution in [0, 0.1) is 12.7 Å². The highest BCUT2D eigenvalue weighted by atomic mass is 19.1. The van der Waals surface area contributed by atoms with Gasteiger partial charge in [-0.25, -0.2) is 14.2 Å². The SMILES string of the molecule is CCOC(=O)c1oc(-c2ccc(F)c(C)c2)nc1CC. The van der Waals surface area contributed by atoms with Crippen molar-refractivity contribution in [3.8, 4) is 11.5 Å². The van der Waals surface area contributed by atoms with E-state index in [4.69, 9.17) is 9.15 Å². The van der Waals surface area contributed by atoms with Crippen LogP contribution in [-0.4, -0.2) is 17.6 Å². The lowest BCUT2D eigenvalue weighted by Gasteiger charge is -1.99. The first kappa shape index (κ1) is 14.2. The van der Waals surface area contributed by atoms with Gasteiger partial charge < -0.3 is 9.15 Å². The van der Waals surface area contributed by atoms with Crippen LogP contribution in [0.1, 0.15) is 35.7 Å². The van der Waals surface area contributed by atoms with Crippen LogP contribution in [0.15, 0.2) is 22.6 Å². The number of oxazole rings is 1. The van der Waals surface area contributed by atoms with Gasteiger partial charge >= 0.3 is 5.97 Å². The third-order valence-corrected chi connectivity index (χ3v) is 2.90. The summed E-state index contributed by atoms with van der Waals surface area (Å²) in [6.07, 6.45) is 0.553. The summed E-state index contributed by atoms with van der Waals surface area (Å²) in [6.45, 7) is 5.53. The Morgan fingerprint density at radius 1 is 1.40 bits per heavy atom. The van der Waals surface area contributed by atoms with Gasteiger partial charge in [-0.3, -0.25) is 0 Å². The Kier molecular flexibility index (Phi) is 4.17. The molecule has 106 valence electrons. The second-order valence-corrected chi connectivity index (χ2v) is 4.33. The molecule has 0 spiro atoms. The molecule has 0 unspecified atom stereocenters. The molecule has 0 aliphatic carbocycles. The molecular formula is C15H16FNO3. The van der Waals surface area contributed by atoms with Crippen molar-refractivity contribution in [2.45, 2.75) is 27.2 Å². The van der Waals surface area contributed by atoms with Crippen LogP contribution in [-0.2, 0) is 11.2 Å². The highest BCUT2D eigenvalue weighted by molar-refractivity contribution is 5.88. The van der Waals surface area contributed by atoms with Crippen molar-refractivity contribution in [3.05, 3.63) is 41.0 Å². The van der Waals surface area contributed by atoms with E-state index < -0.39 is 5.97 Å². The Morgan fingerprint density at radius 3 is 2.75 bits per heavy atom. The first-order valence-corrected chi connectivity index (χ1v) is 6.50. The van der Waals surface area contributed by atoms with E-state index in [9.17, 15) is 9.18 Å². The number of rotatable bonds is 4. The number of aromatic nitrogens is 1. The maximum Gasteiger partial charge on any atom is 0.376 e. The average molecular weight is 277 g/mol. The summed E-state index contributed by atoms with van der Waals surface area (Å²) in [6, 6.07) is 4.56. The van der Waals surface area contributed by atoms with Crippen molar-refractivity contribution in [2.24, 2.45) is 0 Å². The normalized spacial score (nSPS) is 10.6. The van der Waals surface area contributed by atoms with Gasteiger partial charge in [0.15, 0.2) is 0 Å². The third-order valence-electron chi connectivity index (χ3n) is 2.90. The average Bonchev–Trinajstić information content (AvgIpc) is 2.86. The second-order valence-electron chi connectivity index (χ2n) is 4.33. The topological polar surface area (TPSA) is 52.3 Å². The molecular weight excluding hydrogens is 261 g/mol. The fourth-order valence-corrected chi connectivity index (χ4v) is 1.85. The number of aryl methyl sites for hydroxylation is 2. The summed E-state index contributed by atoms with van der Waals surface area (Å²) in [7, 11) is 0. The minimum absolute atomic E-state index is 0.117. The molecule has 0 atom stereocenters. The van der Waals surface area contributed by atoms with Crippen LogP contribution in [0.2, 0.25) is 0 Å². The second kappa shape index (κ2) is 5.86. The molecule has 1 heterocycles. The summed E-state index contributed by atoms with van der Waals surface area (Å²) in [5.41, 5.74) is 1.67. The van der Waals surface area contributed by atoms with Crippen LogP contribution >= 0.6 is 0 Å². The van der Waals surface area contributed by atoms with Gasteiger partial charge in [0.1, 0.15) is 5.82 Å². The van der Waals surface area contributed by atoms with E-state index in [1.807, 2.05) is 6.92 Å². The maximum absolute atomic E-state index is 13.3. The Morgan fingerprint density at radius 2 is 2.15 bits per heavy atom. The molecule has 0 amide bonds. The van der Waals surface area contributed by atoms with Crippen LogP contribution in [0.3, 0.4) is 0 Å². The smallest absolute Gasteiger partial charge is 0.376 e. The predicted molar refractivity (Wildman–Crippen MR) is 72.0 cm³/mol. The first-order chi connectivity index (χ1) is 9.56. The highest BCUT2D eigenvalue weighted by Crippen LogP contribution is 2.24. The number of hydrogen-bond donors (Lipinski definition) is 0. The molecule has 0 aliphatic rings. The minimum atomic E-state index is -0.526. The molecule has 1 aromatic carbocycles. The monoisotopic (exact) mass is 277 g/mol. The van der Waals surface area contributed by atoms with E-state index in [0.717, 1.165) is 0 Å². The highest BCUT2D eigenvalue weighted by Gasteiger charge is 2.21. The number of nitrogens with zero attached hydrogens (tertiary/aromatic N) is 1. The lowest BCUT2D eigenvalue weighted by molar-refractivity contribution is 0.0489. The van der Waals surface area contributed by atoms with Gasteiger partial charge in [0.25, 0.3) is 0 Å². The van der Waals surface area contributed by atoms with Crippen molar-refractivity contribution in [3.63, 3.8) is 0 Å². The number of benzene rings is 1. The van der Waals surface area contributed by atoms with Crippen molar-refractivity contribution >= 4 is 5.97 Å². The van der Waals surface area contributed by atoms with E-state index in [-0.39, 0.29) is 18.2 Å². The largest absolute Gasteiger partial charge is 0.460 e. The number of halogens is 1. The fraction of sp³-hybridized carbons (Fsp3) is 0.333. The quantitative estimate of drug-likeness (QED) is 0.802. The lowest BCUT2D eigenvalue weighted by Crippen LogP contribution is -2.05. The van der Waals surface area contributed by atoms with E-state index in [2.05, 4.69) is 4.98 Å². The molecule has 0 saturated heterocycles. The van der Waals surface area contributed by atoms with Crippen LogP contribution < -0.4 is 0 Å². The fourth-order valence-electron chi connectivity index (χ4n) is 1.85. The van der Waals surface area contributed by atoms with Gasteiger partial charge in [-0.15, -0.1) is 0 Å². The van der Waals surface area contributed by atoms with Crippen LogP contribution in [0.4, 0.5) is 4.39 Å². The number of hydrogen-bond acceptors (Lipinski definition) is 4. The van der Waals surface area contributed by atoms with Gasteiger partial charge in [-0.05, 0) is 44.0 Å². The maximum atomic E-state index is 13.3. The van der Waals surface area contributed by atoms with Crippen molar-refractivity contribution in [1.82, 2.24) is 4.98 Å². The zero-order valence-corrected chi connectivity index (χ0v) is 11.7. The standard InChI is InChI=1S/C15H16FNO3/c1-4-12-13(15(18)19-5-2)20-14(17-12)10-6-7-11(16)9(3)8-10/h6-8H,4-5H2,1-3H3. The number of carbonyl (C=O) groups is 1. The Labute approximate surface area is 116 Å². The Bertz CT molecular complexity index is 634. The molecule has 2 rings (SSSR count). The Balaban J connectivity index is 2.42. The van der Waals surface area contributed by atoms with Crippen molar-refractivity contribution in [2.75, 3.05) is 6.61 Å². The summed E-state index contributed by atoms with van der Waals surface area (Å²) >= 11 is 0.